The zero-order valence-corrected chi connectivity index (χ0v) is 8.52. The van der Waals surface area contributed by atoms with Gasteiger partial charge in [-0.05, 0) is 32.8 Å². The second-order valence-corrected chi connectivity index (χ2v) is 3.41. The van der Waals surface area contributed by atoms with Gasteiger partial charge in [0.25, 0.3) is 0 Å². The molecule has 0 saturated carbocycles. The summed E-state index contributed by atoms with van der Waals surface area (Å²) in [4.78, 5) is 10.7. The average Bonchev–Trinajstić information content (AvgIpc) is 1.97. The second-order valence-electron chi connectivity index (χ2n) is 3.41. The molecule has 0 spiro atoms. The SMILES string of the molecule is CCCCCC/C(C)=C/C(C)=O. The molecular formula is C11H20O. The maximum atomic E-state index is 10.7. The monoisotopic (exact) mass is 168 g/mol. The molecule has 0 fully saturated rings. The van der Waals surface area contributed by atoms with Crippen LogP contribution in [0.3, 0.4) is 0 Å². The topological polar surface area (TPSA) is 17.1 Å². The van der Waals surface area contributed by atoms with Gasteiger partial charge in [0.2, 0.25) is 0 Å². The van der Waals surface area contributed by atoms with Crippen LogP contribution in [0, 0.1) is 0 Å². The van der Waals surface area contributed by atoms with E-state index in [1.54, 1.807) is 13.0 Å². The predicted octanol–water partition coefficient (Wildman–Crippen LogP) is 3.49. The Morgan fingerprint density at radius 2 is 1.83 bits per heavy atom. The lowest BCUT2D eigenvalue weighted by Gasteiger charge is -1.99. The van der Waals surface area contributed by atoms with Gasteiger partial charge in [-0.2, -0.15) is 0 Å². The summed E-state index contributed by atoms with van der Waals surface area (Å²) in [5, 5.41) is 0. The summed E-state index contributed by atoms with van der Waals surface area (Å²) in [5.74, 6) is 0.169. The fourth-order valence-electron chi connectivity index (χ4n) is 1.25. The highest BCUT2D eigenvalue weighted by atomic mass is 16.1. The first kappa shape index (κ1) is 11.4. The largest absolute Gasteiger partial charge is 0.295 e. The van der Waals surface area contributed by atoms with Crippen LogP contribution in [-0.4, -0.2) is 5.78 Å². The highest BCUT2D eigenvalue weighted by molar-refractivity contribution is 5.87. The molecule has 0 aromatic heterocycles. The number of carbonyl (C=O) groups excluding carboxylic acids is 1. The van der Waals surface area contributed by atoms with Gasteiger partial charge in [-0.1, -0.05) is 31.8 Å². The van der Waals surface area contributed by atoms with Crippen molar-refractivity contribution < 1.29 is 4.79 Å². The van der Waals surface area contributed by atoms with E-state index in [9.17, 15) is 4.79 Å². The summed E-state index contributed by atoms with van der Waals surface area (Å²) >= 11 is 0. The lowest BCUT2D eigenvalue weighted by atomic mass is 10.1. The molecule has 0 aliphatic heterocycles. The quantitative estimate of drug-likeness (QED) is 0.438. The molecule has 0 radical (unpaired) electrons. The summed E-state index contributed by atoms with van der Waals surface area (Å²) in [5.41, 5.74) is 1.22. The van der Waals surface area contributed by atoms with Gasteiger partial charge in [-0.15, -0.1) is 0 Å². The Kier molecular flexibility index (Phi) is 6.73. The summed E-state index contributed by atoms with van der Waals surface area (Å²) in [6, 6.07) is 0. The maximum Gasteiger partial charge on any atom is 0.152 e. The average molecular weight is 168 g/mol. The van der Waals surface area contributed by atoms with Crippen molar-refractivity contribution in [2.24, 2.45) is 0 Å². The summed E-state index contributed by atoms with van der Waals surface area (Å²) in [6.45, 7) is 5.85. The van der Waals surface area contributed by atoms with Crippen LogP contribution < -0.4 is 0 Å². The van der Waals surface area contributed by atoms with Gasteiger partial charge >= 0.3 is 0 Å². The fraction of sp³-hybridized carbons (Fsp3) is 0.727. The Bertz CT molecular complexity index is 156. The number of hydrogen-bond donors (Lipinski definition) is 0. The van der Waals surface area contributed by atoms with E-state index in [-0.39, 0.29) is 5.78 Å². The first-order valence-electron chi connectivity index (χ1n) is 4.84. The first-order chi connectivity index (χ1) is 5.66. The molecule has 0 unspecified atom stereocenters. The third-order valence-corrected chi connectivity index (χ3v) is 1.87. The molecule has 0 atom stereocenters. The Morgan fingerprint density at radius 1 is 1.17 bits per heavy atom. The molecule has 0 aliphatic rings. The minimum atomic E-state index is 0.169. The van der Waals surface area contributed by atoms with Crippen LogP contribution in [0.5, 0.6) is 0 Å². The summed E-state index contributed by atoms with van der Waals surface area (Å²) < 4.78 is 0. The second kappa shape index (κ2) is 7.08. The van der Waals surface area contributed by atoms with E-state index >= 15 is 0 Å². The van der Waals surface area contributed by atoms with Gasteiger partial charge < -0.3 is 0 Å². The number of carbonyl (C=O) groups is 1. The minimum absolute atomic E-state index is 0.169. The van der Waals surface area contributed by atoms with Crippen LogP contribution in [0.1, 0.15) is 52.9 Å². The Labute approximate surface area is 75.9 Å². The Hall–Kier alpha value is -0.590. The van der Waals surface area contributed by atoms with Crippen LogP contribution in [-0.2, 0) is 4.79 Å². The Balaban J connectivity index is 3.43. The van der Waals surface area contributed by atoms with Crippen molar-refractivity contribution in [2.75, 3.05) is 0 Å². The molecule has 70 valence electrons. The summed E-state index contributed by atoms with van der Waals surface area (Å²) in [7, 11) is 0. The van der Waals surface area contributed by atoms with Crippen LogP contribution >= 0.6 is 0 Å². The van der Waals surface area contributed by atoms with Crippen molar-refractivity contribution in [3.63, 3.8) is 0 Å². The van der Waals surface area contributed by atoms with E-state index in [0.717, 1.165) is 6.42 Å². The van der Waals surface area contributed by atoms with Gasteiger partial charge in [-0.3, -0.25) is 4.79 Å². The van der Waals surface area contributed by atoms with Crippen molar-refractivity contribution >= 4 is 5.78 Å². The van der Waals surface area contributed by atoms with Crippen molar-refractivity contribution in [1.82, 2.24) is 0 Å². The summed E-state index contributed by atoms with van der Waals surface area (Å²) in [6.07, 6.45) is 7.93. The van der Waals surface area contributed by atoms with Gasteiger partial charge in [0.1, 0.15) is 0 Å². The lowest BCUT2D eigenvalue weighted by molar-refractivity contribution is -0.112. The maximum absolute atomic E-state index is 10.7. The number of allylic oxidation sites excluding steroid dienone is 2. The van der Waals surface area contributed by atoms with E-state index < -0.39 is 0 Å². The standard InChI is InChI=1S/C11H20O/c1-4-5-6-7-8-10(2)9-11(3)12/h9H,4-8H2,1-3H3/b10-9+. The predicted molar refractivity (Wildman–Crippen MR) is 53.2 cm³/mol. The van der Waals surface area contributed by atoms with Crippen molar-refractivity contribution in [3.05, 3.63) is 11.6 Å². The van der Waals surface area contributed by atoms with Crippen molar-refractivity contribution in [3.8, 4) is 0 Å². The molecule has 1 heteroatoms. The molecule has 0 aromatic carbocycles. The van der Waals surface area contributed by atoms with Crippen LogP contribution in [0.15, 0.2) is 11.6 Å². The van der Waals surface area contributed by atoms with Gasteiger partial charge in [0, 0.05) is 0 Å². The Morgan fingerprint density at radius 3 is 2.33 bits per heavy atom. The molecule has 0 aromatic rings. The zero-order valence-electron chi connectivity index (χ0n) is 8.52. The lowest BCUT2D eigenvalue weighted by Crippen LogP contribution is -1.86. The zero-order chi connectivity index (χ0) is 9.40. The molecule has 0 amide bonds. The highest BCUT2D eigenvalue weighted by Crippen LogP contribution is 2.09. The smallest absolute Gasteiger partial charge is 0.152 e. The van der Waals surface area contributed by atoms with E-state index in [1.807, 2.05) is 6.92 Å². The molecule has 0 N–H and O–H groups in total. The fourth-order valence-corrected chi connectivity index (χ4v) is 1.25. The van der Waals surface area contributed by atoms with Crippen LogP contribution in [0.4, 0.5) is 0 Å². The number of unbranched alkanes of at least 4 members (excludes halogenated alkanes) is 3. The van der Waals surface area contributed by atoms with Crippen LogP contribution in [0.25, 0.3) is 0 Å². The molecule has 0 bridgehead atoms. The van der Waals surface area contributed by atoms with Gasteiger partial charge in [-0.25, -0.2) is 0 Å². The third-order valence-electron chi connectivity index (χ3n) is 1.87. The molecule has 1 nitrogen and oxygen atoms in total. The van der Waals surface area contributed by atoms with Gasteiger partial charge in [0.05, 0.1) is 0 Å². The molecule has 12 heavy (non-hydrogen) atoms. The molecule has 0 heterocycles. The highest BCUT2D eigenvalue weighted by Gasteiger charge is 1.92. The molecular weight excluding hydrogens is 148 g/mol. The minimum Gasteiger partial charge on any atom is -0.295 e. The number of hydrogen-bond acceptors (Lipinski definition) is 1. The van der Waals surface area contributed by atoms with Crippen molar-refractivity contribution in [1.29, 1.82) is 0 Å². The van der Waals surface area contributed by atoms with Gasteiger partial charge in [0.15, 0.2) is 5.78 Å². The first-order valence-corrected chi connectivity index (χ1v) is 4.84. The third kappa shape index (κ3) is 7.52. The van der Waals surface area contributed by atoms with E-state index in [1.165, 1.54) is 31.3 Å². The molecule has 0 rings (SSSR count). The molecule has 0 saturated heterocycles. The van der Waals surface area contributed by atoms with Crippen LogP contribution in [0.2, 0.25) is 0 Å². The number of rotatable bonds is 6. The van der Waals surface area contributed by atoms with E-state index in [2.05, 4.69) is 6.92 Å². The normalized spacial score (nSPS) is 11.8. The van der Waals surface area contributed by atoms with E-state index in [4.69, 9.17) is 0 Å². The van der Waals surface area contributed by atoms with E-state index in [0.29, 0.717) is 0 Å². The molecule has 0 aliphatic carbocycles. The number of ketones is 1. The van der Waals surface area contributed by atoms with Crippen molar-refractivity contribution in [2.45, 2.75) is 52.9 Å².